The van der Waals surface area contributed by atoms with Crippen LogP contribution in [0.4, 0.5) is 0 Å². The van der Waals surface area contributed by atoms with Crippen molar-refractivity contribution < 1.29 is 8.42 Å². The molecule has 6 heteroatoms. The maximum absolute atomic E-state index is 12.2. The van der Waals surface area contributed by atoms with E-state index in [4.69, 9.17) is 0 Å². The van der Waals surface area contributed by atoms with Gasteiger partial charge in [0.1, 0.15) is 0 Å². The zero-order chi connectivity index (χ0) is 14.8. The molecular formula is C14H25N3O2S. The number of aromatic nitrogens is 1. The Kier molecular flexibility index (Phi) is 4.88. The van der Waals surface area contributed by atoms with Crippen molar-refractivity contribution in [3.63, 3.8) is 0 Å². The van der Waals surface area contributed by atoms with Crippen LogP contribution in [0.2, 0.25) is 0 Å². The lowest BCUT2D eigenvalue weighted by Crippen LogP contribution is -2.28. The van der Waals surface area contributed by atoms with Crippen LogP contribution in [0.5, 0.6) is 0 Å². The second-order valence-corrected chi connectivity index (χ2v) is 7.57. The topological polar surface area (TPSA) is 63.1 Å². The molecule has 0 radical (unpaired) electrons. The van der Waals surface area contributed by atoms with Crippen LogP contribution in [0.1, 0.15) is 38.8 Å². The van der Waals surface area contributed by atoms with Gasteiger partial charge in [-0.3, -0.25) is 0 Å². The number of rotatable bonds is 8. The lowest BCUT2D eigenvalue weighted by Gasteiger charge is -2.09. The molecule has 5 nitrogen and oxygen atoms in total. The van der Waals surface area contributed by atoms with E-state index >= 15 is 0 Å². The summed E-state index contributed by atoms with van der Waals surface area (Å²) in [6, 6.07) is 2.38. The van der Waals surface area contributed by atoms with Gasteiger partial charge in [0.2, 0.25) is 10.0 Å². The maximum atomic E-state index is 12.2. The molecule has 0 saturated heterocycles. The molecule has 1 aromatic rings. The molecule has 114 valence electrons. The number of aryl methyl sites for hydroxylation is 1. The number of nitrogens with zero attached hydrogens (tertiary/aromatic N) is 1. The highest BCUT2D eigenvalue weighted by molar-refractivity contribution is 7.89. The highest BCUT2D eigenvalue weighted by Gasteiger charge is 2.22. The Morgan fingerprint density at radius 2 is 2.15 bits per heavy atom. The molecule has 0 aliphatic heterocycles. The molecule has 1 unspecified atom stereocenters. The van der Waals surface area contributed by atoms with Crippen molar-refractivity contribution in [2.75, 3.05) is 6.54 Å². The predicted molar refractivity (Wildman–Crippen MR) is 79.9 cm³/mol. The molecular weight excluding hydrogens is 274 g/mol. The summed E-state index contributed by atoms with van der Waals surface area (Å²) in [6.45, 7) is 5.31. The predicted octanol–water partition coefficient (Wildman–Crippen LogP) is 1.60. The number of sulfonamides is 1. The Bertz CT molecular complexity index is 547. The van der Waals surface area contributed by atoms with Gasteiger partial charge < -0.3 is 9.88 Å². The van der Waals surface area contributed by atoms with E-state index in [0.717, 1.165) is 18.7 Å². The Labute approximate surface area is 121 Å². The van der Waals surface area contributed by atoms with Crippen molar-refractivity contribution in [2.24, 2.45) is 13.0 Å². The molecule has 20 heavy (non-hydrogen) atoms. The fourth-order valence-corrected chi connectivity index (χ4v) is 3.17. The Morgan fingerprint density at radius 1 is 1.45 bits per heavy atom. The van der Waals surface area contributed by atoms with E-state index in [1.807, 2.05) is 18.5 Å². The fraction of sp³-hybridized carbons (Fsp3) is 0.714. The van der Waals surface area contributed by atoms with E-state index in [9.17, 15) is 8.42 Å². The molecule has 0 bridgehead atoms. The van der Waals surface area contributed by atoms with Gasteiger partial charge in [-0.25, -0.2) is 13.1 Å². The van der Waals surface area contributed by atoms with Crippen LogP contribution in [0.15, 0.2) is 17.2 Å². The van der Waals surface area contributed by atoms with Crippen molar-refractivity contribution in [1.29, 1.82) is 0 Å². The molecule has 1 heterocycles. The molecule has 1 aliphatic carbocycles. The first kappa shape index (κ1) is 15.5. The summed E-state index contributed by atoms with van der Waals surface area (Å²) in [5.74, 6) is 0.351. The molecule has 1 saturated carbocycles. The van der Waals surface area contributed by atoms with Crippen LogP contribution in [-0.2, 0) is 23.6 Å². The van der Waals surface area contributed by atoms with Gasteiger partial charge in [0.15, 0.2) is 0 Å². The molecule has 1 atom stereocenters. The molecule has 1 aliphatic rings. The first-order valence-corrected chi connectivity index (χ1v) is 8.79. The smallest absolute Gasteiger partial charge is 0.242 e. The molecule has 1 fully saturated rings. The Morgan fingerprint density at radius 3 is 2.75 bits per heavy atom. The SMILES string of the molecule is CCC(C)CNS(=O)(=O)c1cc(CNC2CC2)n(C)c1. The Hall–Kier alpha value is -0.850. The lowest BCUT2D eigenvalue weighted by molar-refractivity contribution is 0.528. The summed E-state index contributed by atoms with van der Waals surface area (Å²) in [5, 5.41) is 3.40. The standard InChI is InChI=1S/C14H25N3O2S/c1-4-11(2)8-16-20(18,19)14-7-13(17(3)10-14)9-15-12-5-6-12/h7,10-12,15-16H,4-6,8-9H2,1-3H3. The largest absolute Gasteiger partial charge is 0.352 e. The third-order valence-corrected chi connectivity index (χ3v) is 5.25. The average molecular weight is 299 g/mol. The molecule has 0 aromatic carbocycles. The van der Waals surface area contributed by atoms with Gasteiger partial charge in [-0.15, -0.1) is 0 Å². The van der Waals surface area contributed by atoms with Gasteiger partial charge in [0, 0.05) is 38.1 Å². The summed E-state index contributed by atoms with van der Waals surface area (Å²) in [6.07, 6.45) is 5.11. The van der Waals surface area contributed by atoms with Crippen LogP contribution in [-0.4, -0.2) is 25.6 Å². The van der Waals surface area contributed by atoms with E-state index < -0.39 is 10.0 Å². The fourth-order valence-electron chi connectivity index (χ4n) is 1.92. The van der Waals surface area contributed by atoms with Crippen molar-refractivity contribution in [2.45, 2.75) is 50.6 Å². The van der Waals surface area contributed by atoms with Crippen LogP contribution in [0.25, 0.3) is 0 Å². The minimum Gasteiger partial charge on any atom is -0.352 e. The highest BCUT2D eigenvalue weighted by atomic mass is 32.2. The minimum atomic E-state index is -3.39. The third kappa shape index (κ3) is 4.07. The van der Waals surface area contributed by atoms with Gasteiger partial charge in [0.05, 0.1) is 4.90 Å². The molecule has 2 N–H and O–H groups in total. The maximum Gasteiger partial charge on any atom is 0.242 e. The zero-order valence-corrected chi connectivity index (χ0v) is 13.3. The van der Waals surface area contributed by atoms with Gasteiger partial charge in [-0.05, 0) is 24.8 Å². The second-order valence-electron chi connectivity index (χ2n) is 5.80. The van der Waals surface area contributed by atoms with Crippen molar-refractivity contribution >= 4 is 10.0 Å². The number of hydrogen-bond donors (Lipinski definition) is 2. The first-order chi connectivity index (χ1) is 9.42. The minimum absolute atomic E-state index is 0.351. The van der Waals surface area contributed by atoms with E-state index in [-0.39, 0.29) is 0 Å². The third-order valence-electron chi connectivity index (χ3n) is 3.86. The van der Waals surface area contributed by atoms with E-state index in [1.165, 1.54) is 12.8 Å². The number of nitrogens with one attached hydrogen (secondary N) is 2. The summed E-state index contributed by atoms with van der Waals surface area (Å²) < 4.78 is 29.0. The van der Waals surface area contributed by atoms with Gasteiger partial charge in [0.25, 0.3) is 0 Å². The molecule has 1 aromatic heterocycles. The van der Waals surface area contributed by atoms with Crippen molar-refractivity contribution in [1.82, 2.24) is 14.6 Å². The summed E-state index contributed by atoms with van der Waals surface area (Å²) in [7, 11) is -1.50. The number of hydrogen-bond acceptors (Lipinski definition) is 3. The van der Waals surface area contributed by atoms with E-state index in [1.54, 1.807) is 12.3 Å². The van der Waals surface area contributed by atoms with Crippen molar-refractivity contribution in [3.8, 4) is 0 Å². The molecule has 0 spiro atoms. The second kappa shape index (κ2) is 6.28. The van der Waals surface area contributed by atoms with E-state index in [2.05, 4.69) is 17.0 Å². The van der Waals surface area contributed by atoms with Crippen LogP contribution < -0.4 is 10.0 Å². The van der Waals surface area contributed by atoms with Gasteiger partial charge in [-0.2, -0.15) is 0 Å². The zero-order valence-electron chi connectivity index (χ0n) is 12.5. The van der Waals surface area contributed by atoms with Crippen LogP contribution in [0.3, 0.4) is 0 Å². The monoisotopic (exact) mass is 299 g/mol. The van der Waals surface area contributed by atoms with Gasteiger partial charge in [-0.1, -0.05) is 20.3 Å². The molecule has 2 rings (SSSR count). The Balaban J connectivity index is 2.01. The van der Waals surface area contributed by atoms with Crippen LogP contribution >= 0.6 is 0 Å². The molecule has 0 amide bonds. The van der Waals surface area contributed by atoms with Crippen LogP contribution in [0, 0.1) is 5.92 Å². The lowest BCUT2D eigenvalue weighted by atomic mass is 10.1. The summed E-state index contributed by atoms with van der Waals surface area (Å²) >= 11 is 0. The first-order valence-electron chi connectivity index (χ1n) is 7.30. The van der Waals surface area contributed by atoms with Crippen molar-refractivity contribution in [3.05, 3.63) is 18.0 Å². The average Bonchev–Trinajstić information content (AvgIpc) is 3.16. The van der Waals surface area contributed by atoms with E-state index in [0.29, 0.717) is 23.4 Å². The quantitative estimate of drug-likeness (QED) is 0.766. The summed E-state index contributed by atoms with van der Waals surface area (Å²) in [5.41, 5.74) is 1.00. The summed E-state index contributed by atoms with van der Waals surface area (Å²) in [4.78, 5) is 0.357. The highest BCUT2D eigenvalue weighted by Crippen LogP contribution is 2.20. The normalized spacial score (nSPS) is 17.4. The van der Waals surface area contributed by atoms with Gasteiger partial charge >= 0.3 is 0 Å².